The number of carbonyl (C=O) groups is 1. The highest BCUT2D eigenvalue weighted by molar-refractivity contribution is 7.91. The molecule has 0 aromatic carbocycles. The van der Waals surface area contributed by atoms with E-state index in [0.717, 1.165) is 0 Å². The quantitative estimate of drug-likeness (QED) is 0.545. The summed E-state index contributed by atoms with van der Waals surface area (Å²) in [6.45, 7) is 0.968. The molecule has 0 atom stereocenters. The van der Waals surface area contributed by atoms with E-state index in [2.05, 4.69) is 20.4 Å². The molecule has 4 heterocycles. The van der Waals surface area contributed by atoms with Crippen LogP contribution >= 0.6 is 0 Å². The minimum atomic E-state index is -3.06. The van der Waals surface area contributed by atoms with Gasteiger partial charge >= 0.3 is 0 Å². The molecule has 176 valence electrons. The number of alkyl halides is 2. The van der Waals surface area contributed by atoms with Gasteiger partial charge in [-0.1, -0.05) is 0 Å². The van der Waals surface area contributed by atoms with Crippen LogP contribution in [0, 0.1) is 0 Å². The molecule has 3 aromatic heterocycles. The molecule has 0 spiro atoms. The molecule has 0 aliphatic carbocycles. The number of hydrogen-bond acceptors (Lipinski definition) is 8. The molecule has 0 bridgehead atoms. The van der Waals surface area contributed by atoms with Crippen molar-refractivity contribution in [3.8, 4) is 17.5 Å². The van der Waals surface area contributed by atoms with Gasteiger partial charge in [-0.3, -0.25) is 4.79 Å². The summed E-state index contributed by atoms with van der Waals surface area (Å²) < 4.78 is 60.3. The van der Waals surface area contributed by atoms with Crippen molar-refractivity contribution in [2.24, 2.45) is 0 Å². The van der Waals surface area contributed by atoms with Crippen molar-refractivity contribution in [2.45, 2.75) is 31.7 Å². The van der Waals surface area contributed by atoms with Crippen LogP contribution in [0.25, 0.3) is 5.52 Å². The summed E-state index contributed by atoms with van der Waals surface area (Å²) in [6.07, 6.45) is 2.18. The molecule has 10 nitrogen and oxygen atoms in total. The number of amides is 1. The fraction of sp³-hybridized carbons (Fsp3) is 0.400. The zero-order valence-corrected chi connectivity index (χ0v) is 18.4. The van der Waals surface area contributed by atoms with Gasteiger partial charge in [0.25, 0.3) is 24.1 Å². The van der Waals surface area contributed by atoms with Gasteiger partial charge < -0.3 is 14.8 Å². The molecular weight excluding hydrogens is 460 g/mol. The molecule has 1 N–H and O–H groups in total. The van der Waals surface area contributed by atoms with Crippen LogP contribution in [-0.4, -0.2) is 64.0 Å². The topological polar surface area (TPSA) is 125 Å². The number of fused-ring (bicyclic) bond motifs is 1. The average Bonchev–Trinajstić information content (AvgIpc) is 3.19. The third kappa shape index (κ3) is 5.53. The summed E-state index contributed by atoms with van der Waals surface area (Å²) in [5.41, 5.74) is 0.0582. The van der Waals surface area contributed by atoms with E-state index in [1.807, 2.05) is 6.92 Å². The predicted molar refractivity (Wildman–Crippen MR) is 113 cm³/mol. The Kier molecular flexibility index (Phi) is 6.15. The summed E-state index contributed by atoms with van der Waals surface area (Å²) in [5, 5.41) is 7.14. The normalized spacial score (nSPS) is 17.1. The molecule has 33 heavy (non-hydrogen) atoms. The lowest BCUT2D eigenvalue weighted by molar-refractivity contribution is 0.0779. The Balaban J connectivity index is 1.49. The molecular formula is C20H21F2N5O5S. The lowest BCUT2D eigenvalue weighted by Gasteiger charge is -2.34. The number of carbonyl (C=O) groups excluding carboxylic acids is 1. The van der Waals surface area contributed by atoms with Gasteiger partial charge in [0.05, 0.1) is 17.0 Å². The lowest BCUT2D eigenvalue weighted by Crippen LogP contribution is -2.51. The first-order valence-electron chi connectivity index (χ1n) is 10.0. The van der Waals surface area contributed by atoms with Crippen molar-refractivity contribution >= 4 is 21.3 Å². The van der Waals surface area contributed by atoms with E-state index in [9.17, 15) is 22.0 Å². The summed E-state index contributed by atoms with van der Waals surface area (Å²) in [7, 11) is -3.06. The van der Waals surface area contributed by atoms with E-state index in [0.29, 0.717) is 24.1 Å². The lowest BCUT2D eigenvalue weighted by atomic mass is 9.94. The molecule has 13 heteroatoms. The highest BCUT2D eigenvalue weighted by atomic mass is 32.2. The Bertz CT molecular complexity index is 1270. The van der Waals surface area contributed by atoms with Crippen LogP contribution in [0.4, 0.5) is 8.78 Å². The van der Waals surface area contributed by atoms with Gasteiger partial charge in [0.2, 0.25) is 0 Å². The third-order valence-electron chi connectivity index (χ3n) is 5.21. The summed E-state index contributed by atoms with van der Waals surface area (Å²) >= 11 is 0. The molecule has 1 saturated heterocycles. The minimum Gasteiger partial charge on any atom is -0.468 e. The Morgan fingerprint density at radius 2 is 1.91 bits per heavy atom. The number of ether oxygens (including phenoxy) is 2. The summed E-state index contributed by atoms with van der Waals surface area (Å²) in [5.74, 6) is -0.308. The molecule has 0 saturated carbocycles. The average molecular weight is 481 g/mol. The van der Waals surface area contributed by atoms with Crippen molar-refractivity contribution in [3.63, 3.8) is 0 Å². The maximum atomic E-state index is 12.7. The second kappa shape index (κ2) is 8.89. The SMILES string of the molecule is CC1(NC(=O)c2cc3cc(Oc4nccnc4OCC(F)F)ccn3n2)CCS(=O)(=O)CC1. The van der Waals surface area contributed by atoms with E-state index in [4.69, 9.17) is 9.47 Å². The Hall–Kier alpha value is -3.35. The first-order valence-corrected chi connectivity index (χ1v) is 11.9. The second-order valence-corrected chi connectivity index (χ2v) is 10.2. The highest BCUT2D eigenvalue weighted by Crippen LogP contribution is 2.28. The highest BCUT2D eigenvalue weighted by Gasteiger charge is 2.35. The first kappa shape index (κ1) is 22.8. The molecule has 1 aliphatic rings. The van der Waals surface area contributed by atoms with Crippen molar-refractivity contribution in [1.29, 1.82) is 0 Å². The maximum absolute atomic E-state index is 12.7. The van der Waals surface area contributed by atoms with E-state index >= 15 is 0 Å². The van der Waals surface area contributed by atoms with Crippen LogP contribution in [0.15, 0.2) is 36.8 Å². The van der Waals surface area contributed by atoms with E-state index in [1.54, 1.807) is 24.4 Å². The number of hydrogen-bond donors (Lipinski definition) is 1. The molecule has 1 fully saturated rings. The van der Waals surface area contributed by atoms with Crippen LogP contribution in [0.2, 0.25) is 0 Å². The molecule has 0 unspecified atom stereocenters. The van der Waals surface area contributed by atoms with E-state index in [1.165, 1.54) is 16.9 Å². The smallest absolute Gasteiger partial charge is 0.283 e. The second-order valence-electron chi connectivity index (χ2n) is 7.90. The van der Waals surface area contributed by atoms with E-state index < -0.39 is 34.3 Å². The maximum Gasteiger partial charge on any atom is 0.283 e. The standard InChI is InChI=1S/C20H21F2N5O5S/c1-20(3-8-33(29,30)9-4-20)25-17(28)15-11-13-10-14(2-7-27(13)26-15)32-19-18(23-5-6-24-19)31-12-16(21)22/h2,5-7,10-11,16H,3-4,8-9,12H2,1H3,(H,25,28). The van der Waals surface area contributed by atoms with Crippen LogP contribution in [0.1, 0.15) is 30.3 Å². The monoisotopic (exact) mass is 481 g/mol. The van der Waals surface area contributed by atoms with Crippen LogP contribution in [0.5, 0.6) is 17.5 Å². The van der Waals surface area contributed by atoms with Gasteiger partial charge in [-0.2, -0.15) is 5.10 Å². The van der Waals surface area contributed by atoms with Crippen molar-refractivity contribution < 1.29 is 31.5 Å². The Labute approximate surface area is 187 Å². The zero-order chi connectivity index (χ0) is 23.6. The molecule has 1 aliphatic heterocycles. The zero-order valence-electron chi connectivity index (χ0n) is 17.6. The molecule has 4 rings (SSSR count). The predicted octanol–water partition coefficient (Wildman–Crippen LogP) is 2.26. The van der Waals surface area contributed by atoms with Gasteiger partial charge in [0, 0.05) is 30.2 Å². The van der Waals surface area contributed by atoms with Gasteiger partial charge in [-0.15, -0.1) is 0 Å². The van der Waals surface area contributed by atoms with Gasteiger partial charge in [-0.25, -0.2) is 31.7 Å². The Morgan fingerprint density at radius 1 is 1.21 bits per heavy atom. The number of aromatic nitrogens is 4. The Morgan fingerprint density at radius 3 is 2.61 bits per heavy atom. The van der Waals surface area contributed by atoms with Crippen molar-refractivity contribution in [3.05, 3.63) is 42.5 Å². The fourth-order valence-electron chi connectivity index (χ4n) is 3.34. The van der Waals surface area contributed by atoms with Crippen molar-refractivity contribution in [2.75, 3.05) is 18.1 Å². The summed E-state index contributed by atoms with van der Waals surface area (Å²) in [4.78, 5) is 20.6. The third-order valence-corrected chi connectivity index (χ3v) is 6.86. The van der Waals surface area contributed by atoms with Crippen LogP contribution in [-0.2, 0) is 9.84 Å². The summed E-state index contributed by atoms with van der Waals surface area (Å²) in [6, 6.07) is 4.70. The molecule has 3 aromatic rings. The number of pyridine rings is 1. The van der Waals surface area contributed by atoms with Gasteiger partial charge in [-0.05, 0) is 31.9 Å². The largest absolute Gasteiger partial charge is 0.468 e. The number of rotatable bonds is 7. The number of nitrogens with one attached hydrogen (secondary N) is 1. The first-order chi connectivity index (χ1) is 15.6. The molecule has 1 amide bonds. The number of nitrogens with zero attached hydrogens (tertiary/aromatic N) is 4. The minimum absolute atomic E-state index is 0.0288. The van der Waals surface area contributed by atoms with Crippen molar-refractivity contribution in [1.82, 2.24) is 24.9 Å². The van der Waals surface area contributed by atoms with Gasteiger partial charge in [0.15, 0.2) is 12.3 Å². The molecule has 0 radical (unpaired) electrons. The van der Waals surface area contributed by atoms with Crippen LogP contribution < -0.4 is 14.8 Å². The number of halogens is 2. The number of sulfone groups is 1. The van der Waals surface area contributed by atoms with Crippen LogP contribution in [0.3, 0.4) is 0 Å². The van der Waals surface area contributed by atoms with Gasteiger partial charge in [0.1, 0.15) is 15.6 Å². The van der Waals surface area contributed by atoms with E-state index in [-0.39, 0.29) is 29.0 Å². The fourth-order valence-corrected chi connectivity index (χ4v) is 5.06.